The van der Waals surface area contributed by atoms with Gasteiger partial charge in [-0.05, 0) is 12.1 Å². The zero-order valence-electron chi connectivity index (χ0n) is 16.9. The van der Waals surface area contributed by atoms with Gasteiger partial charge in [-0.3, -0.25) is 14.5 Å². The molecule has 1 amide bonds. The Bertz CT molecular complexity index is 968. The molecule has 1 aromatic carbocycles. The van der Waals surface area contributed by atoms with E-state index in [1.165, 1.54) is 13.2 Å². The second-order valence-corrected chi connectivity index (χ2v) is 7.12. The molecule has 9 heteroatoms. The number of hydrogen-bond acceptors (Lipinski definition) is 7. The lowest BCUT2D eigenvalue weighted by molar-refractivity contribution is -0.116. The molecule has 1 aromatic heterocycles. The van der Waals surface area contributed by atoms with Crippen molar-refractivity contribution in [2.45, 2.75) is 13.1 Å². The fourth-order valence-electron chi connectivity index (χ4n) is 3.50. The summed E-state index contributed by atoms with van der Waals surface area (Å²) in [5, 5.41) is 2.88. The highest BCUT2D eigenvalue weighted by molar-refractivity contribution is 5.91. The molecule has 0 spiro atoms. The minimum absolute atomic E-state index is 0.0464. The van der Waals surface area contributed by atoms with Crippen LogP contribution < -0.4 is 25.0 Å². The summed E-state index contributed by atoms with van der Waals surface area (Å²) in [6, 6.07) is 6.82. The van der Waals surface area contributed by atoms with Crippen LogP contribution >= 0.6 is 0 Å². The van der Waals surface area contributed by atoms with Gasteiger partial charge in [0.2, 0.25) is 11.3 Å². The Balaban J connectivity index is 1.50. The van der Waals surface area contributed by atoms with E-state index in [2.05, 4.69) is 10.2 Å². The summed E-state index contributed by atoms with van der Waals surface area (Å²) < 4.78 is 23.4. The molecule has 2 aromatic rings. The average molecular weight is 415 g/mol. The SMILES string of the molecule is COc1cn(CC(=O)Nc2ccc3c(c2)OCCO3)c(CN2CCOCC2)cc1=O. The summed E-state index contributed by atoms with van der Waals surface area (Å²) >= 11 is 0. The third kappa shape index (κ3) is 4.74. The van der Waals surface area contributed by atoms with Gasteiger partial charge < -0.3 is 28.8 Å². The molecule has 4 rings (SSSR count). The lowest BCUT2D eigenvalue weighted by atomic mass is 10.2. The van der Waals surface area contributed by atoms with Crippen molar-refractivity contribution in [3.63, 3.8) is 0 Å². The van der Waals surface area contributed by atoms with Gasteiger partial charge in [0.15, 0.2) is 17.2 Å². The largest absolute Gasteiger partial charge is 0.491 e. The molecular weight excluding hydrogens is 390 g/mol. The number of methoxy groups -OCH3 is 1. The first-order chi connectivity index (χ1) is 14.6. The first-order valence-corrected chi connectivity index (χ1v) is 9.89. The number of pyridine rings is 1. The maximum atomic E-state index is 12.7. The van der Waals surface area contributed by atoms with Crippen LogP contribution in [0.25, 0.3) is 0 Å². The van der Waals surface area contributed by atoms with Crippen LogP contribution in [-0.4, -0.2) is 62.0 Å². The third-order valence-corrected chi connectivity index (χ3v) is 5.03. The zero-order valence-corrected chi connectivity index (χ0v) is 16.9. The van der Waals surface area contributed by atoms with Gasteiger partial charge in [-0.15, -0.1) is 0 Å². The summed E-state index contributed by atoms with van der Waals surface area (Å²) in [4.78, 5) is 27.2. The Hall–Kier alpha value is -3.04. The van der Waals surface area contributed by atoms with Crippen molar-refractivity contribution in [2.24, 2.45) is 0 Å². The van der Waals surface area contributed by atoms with Crippen molar-refractivity contribution in [3.8, 4) is 17.2 Å². The fraction of sp³-hybridized carbons (Fsp3) is 0.429. The van der Waals surface area contributed by atoms with Gasteiger partial charge in [-0.25, -0.2) is 0 Å². The molecule has 0 saturated carbocycles. The van der Waals surface area contributed by atoms with Gasteiger partial charge in [0.25, 0.3) is 0 Å². The number of anilines is 1. The number of aromatic nitrogens is 1. The average Bonchev–Trinajstić information content (AvgIpc) is 2.76. The molecule has 1 fully saturated rings. The Kier molecular flexibility index (Phi) is 6.20. The highest BCUT2D eigenvalue weighted by Crippen LogP contribution is 2.32. The number of hydrogen-bond donors (Lipinski definition) is 1. The summed E-state index contributed by atoms with van der Waals surface area (Å²) in [5.74, 6) is 1.25. The number of carbonyl (C=O) groups excluding carboxylic acids is 1. The second-order valence-electron chi connectivity index (χ2n) is 7.12. The van der Waals surface area contributed by atoms with E-state index in [9.17, 15) is 9.59 Å². The van der Waals surface area contributed by atoms with Gasteiger partial charge in [-0.1, -0.05) is 0 Å². The molecule has 3 heterocycles. The first-order valence-electron chi connectivity index (χ1n) is 9.89. The topological polar surface area (TPSA) is 91.3 Å². The Labute approximate surface area is 174 Å². The lowest BCUT2D eigenvalue weighted by Gasteiger charge is -2.27. The van der Waals surface area contributed by atoms with Crippen molar-refractivity contribution in [3.05, 3.63) is 46.4 Å². The van der Waals surface area contributed by atoms with E-state index in [4.69, 9.17) is 18.9 Å². The van der Waals surface area contributed by atoms with Gasteiger partial charge >= 0.3 is 0 Å². The third-order valence-electron chi connectivity index (χ3n) is 5.03. The predicted molar refractivity (Wildman–Crippen MR) is 109 cm³/mol. The Morgan fingerprint density at radius 2 is 1.87 bits per heavy atom. The molecule has 0 bridgehead atoms. The Morgan fingerprint density at radius 3 is 2.63 bits per heavy atom. The van der Waals surface area contributed by atoms with E-state index >= 15 is 0 Å². The highest BCUT2D eigenvalue weighted by Gasteiger charge is 2.17. The van der Waals surface area contributed by atoms with E-state index in [0.717, 1.165) is 18.8 Å². The maximum Gasteiger partial charge on any atom is 0.244 e. The normalized spacial score (nSPS) is 16.2. The molecule has 160 valence electrons. The molecule has 2 aliphatic rings. The van der Waals surface area contributed by atoms with Crippen LogP contribution in [0, 0.1) is 0 Å². The molecular formula is C21H25N3O6. The van der Waals surface area contributed by atoms with E-state index in [1.54, 1.807) is 29.0 Å². The first kappa shape index (κ1) is 20.2. The van der Waals surface area contributed by atoms with Crippen molar-refractivity contribution < 1.29 is 23.7 Å². The van der Waals surface area contributed by atoms with Crippen LogP contribution in [0.3, 0.4) is 0 Å². The number of ether oxygens (including phenoxy) is 4. The van der Waals surface area contributed by atoms with Crippen LogP contribution in [0.2, 0.25) is 0 Å². The van der Waals surface area contributed by atoms with E-state index in [0.29, 0.717) is 50.2 Å². The number of benzene rings is 1. The van der Waals surface area contributed by atoms with Gasteiger partial charge in [0.1, 0.15) is 19.8 Å². The number of fused-ring (bicyclic) bond motifs is 1. The predicted octanol–water partition coefficient (Wildman–Crippen LogP) is 1.10. The lowest BCUT2D eigenvalue weighted by Crippen LogP contribution is -2.37. The summed E-state index contributed by atoms with van der Waals surface area (Å²) in [6.07, 6.45) is 1.58. The molecule has 30 heavy (non-hydrogen) atoms. The van der Waals surface area contributed by atoms with Crippen LogP contribution in [0.1, 0.15) is 5.69 Å². The molecule has 9 nitrogen and oxygen atoms in total. The quantitative estimate of drug-likeness (QED) is 0.755. The van der Waals surface area contributed by atoms with Crippen molar-refractivity contribution in [2.75, 3.05) is 51.9 Å². The van der Waals surface area contributed by atoms with E-state index < -0.39 is 0 Å². The molecule has 0 unspecified atom stereocenters. The molecule has 1 N–H and O–H groups in total. The van der Waals surface area contributed by atoms with E-state index in [1.807, 2.05) is 0 Å². The minimum atomic E-state index is -0.222. The number of amides is 1. The van der Waals surface area contributed by atoms with Gasteiger partial charge in [0.05, 0.1) is 26.5 Å². The van der Waals surface area contributed by atoms with Crippen molar-refractivity contribution in [1.29, 1.82) is 0 Å². The molecule has 0 atom stereocenters. The molecule has 2 aliphatic heterocycles. The Morgan fingerprint density at radius 1 is 1.10 bits per heavy atom. The fourth-order valence-corrected chi connectivity index (χ4v) is 3.50. The smallest absolute Gasteiger partial charge is 0.244 e. The minimum Gasteiger partial charge on any atom is -0.491 e. The van der Waals surface area contributed by atoms with Gasteiger partial charge in [-0.2, -0.15) is 0 Å². The summed E-state index contributed by atoms with van der Waals surface area (Å²) in [5.41, 5.74) is 1.16. The highest BCUT2D eigenvalue weighted by atomic mass is 16.6. The number of nitrogens with one attached hydrogen (secondary N) is 1. The van der Waals surface area contributed by atoms with Crippen LogP contribution in [-0.2, 0) is 22.6 Å². The maximum absolute atomic E-state index is 12.7. The monoisotopic (exact) mass is 415 g/mol. The molecule has 0 aliphatic carbocycles. The van der Waals surface area contributed by atoms with Crippen LogP contribution in [0.5, 0.6) is 17.2 Å². The standard InChI is InChI=1S/C21H25N3O6/c1-27-20-13-24(16(11-17(20)25)12-23-4-6-28-7-5-23)14-21(26)22-15-2-3-18-19(10-15)30-9-8-29-18/h2-3,10-11,13H,4-9,12,14H2,1H3,(H,22,26). The zero-order chi connectivity index (χ0) is 20.9. The number of morpholine rings is 1. The number of carbonyl (C=O) groups is 1. The van der Waals surface area contributed by atoms with Crippen LogP contribution in [0.15, 0.2) is 35.3 Å². The van der Waals surface area contributed by atoms with Crippen molar-refractivity contribution in [1.82, 2.24) is 9.47 Å². The number of nitrogens with zero attached hydrogens (tertiary/aromatic N) is 2. The second kappa shape index (κ2) is 9.19. The molecule has 0 radical (unpaired) electrons. The van der Waals surface area contributed by atoms with Crippen molar-refractivity contribution >= 4 is 11.6 Å². The molecule has 1 saturated heterocycles. The van der Waals surface area contributed by atoms with Crippen LogP contribution in [0.4, 0.5) is 5.69 Å². The van der Waals surface area contributed by atoms with Gasteiger partial charge in [0, 0.05) is 43.1 Å². The summed E-state index contributed by atoms with van der Waals surface area (Å²) in [7, 11) is 1.44. The summed E-state index contributed by atoms with van der Waals surface area (Å²) in [6.45, 7) is 4.47. The van der Waals surface area contributed by atoms with E-state index in [-0.39, 0.29) is 23.6 Å². The number of rotatable bonds is 6.